The summed E-state index contributed by atoms with van der Waals surface area (Å²) in [6, 6.07) is 8.14. The highest BCUT2D eigenvalue weighted by molar-refractivity contribution is 5.99. The summed E-state index contributed by atoms with van der Waals surface area (Å²) in [5.41, 5.74) is 0.473. The number of amides is 1. The lowest BCUT2D eigenvalue weighted by Gasteiger charge is -2.21. The summed E-state index contributed by atoms with van der Waals surface area (Å²) >= 11 is 0. The van der Waals surface area contributed by atoms with Gasteiger partial charge in [-0.3, -0.25) is 14.6 Å². The minimum Gasteiger partial charge on any atom is -0.467 e. The fourth-order valence-electron chi connectivity index (χ4n) is 2.48. The lowest BCUT2D eigenvalue weighted by atomic mass is 10.1. The van der Waals surface area contributed by atoms with Gasteiger partial charge >= 0.3 is 11.9 Å². The molecular formula is C20H24N2O5. The van der Waals surface area contributed by atoms with Crippen molar-refractivity contribution in [1.29, 1.82) is 0 Å². The molecule has 0 radical (unpaired) electrons. The lowest BCUT2D eigenvalue weighted by Crippen LogP contribution is -2.42. The van der Waals surface area contributed by atoms with Gasteiger partial charge in [-0.05, 0) is 39.3 Å². The first-order valence-electron chi connectivity index (χ1n) is 8.65. The molecule has 2 aromatic rings. The van der Waals surface area contributed by atoms with Crippen LogP contribution in [0, 0.1) is 0 Å². The van der Waals surface area contributed by atoms with Gasteiger partial charge in [0.15, 0.2) is 0 Å². The Bertz CT molecular complexity index is 842. The van der Waals surface area contributed by atoms with Crippen molar-refractivity contribution in [3.8, 4) is 0 Å². The largest absolute Gasteiger partial charge is 0.467 e. The second-order valence-electron chi connectivity index (χ2n) is 7.09. The summed E-state index contributed by atoms with van der Waals surface area (Å²) in [6.07, 6.45) is 1.50. The van der Waals surface area contributed by atoms with Crippen molar-refractivity contribution in [3.05, 3.63) is 42.1 Å². The lowest BCUT2D eigenvalue weighted by molar-refractivity contribution is -0.155. The Morgan fingerprint density at radius 1 is 1.19 bits per heavy atom. The van der Waals surface area contributed by atoms with Gasteiger partial charge < -0.3 is 14.8 Å². The Labute approximate surface area is 158 Å². The van der Waals surface area contributed by atoms with Crippen LogP contribution in [0.3, 0.4) is 0 Å². The van der Waals surface area contributed by atoms with E-state index in [1.54, 1.807) is 26.8 Å². The molecule has 1 aromatic heterocycles. The van der Waals surface area contributed by atoms with Crippen LogP contribution in [0.1, 0.15) is 44.0 Å². The molecule has 0 saturated carbocycles. The number of ether oxygens (including phenoxy) is 2. The van der Waals surface area contributed by atoms with E-state index in [0.717, 1.165) is 10.9 Å². The molecule has 0 unspecified atom stereocenters. The highest BCUT2D eigenvalue weighted by Gasteiger charge is 2.25. The summed E-state index contributed by atoms with van der Waals surface area (Å²) in [7, 11) is 1.23. The van der Waals surface area contributed by atoms with Gasteiger partial charge in [0, 0.05) is 18.0 Å². The standard InChI is InChI=1S/C20H24N2O5/c1-20(2,3)27-17(23)10-9-16(19(25)26-4)22-18(24)14-11-13-7-5-6-8-15(13)21-12-14/h5-8,11-12,16H,9-10H2,1-4H3,(H,22,24)/t16-/m0/s1. The van der Waals surface area contributed by atoms with Crippen molar-refractivity contribution in [2.45, 2.75) is 45.3 Å². The smallest absolute Gasteiger partial charge is 0.328 e. The summed E-state index contributed by atoms with van der Waals surface area (Å²) in [4.78, 5) is 40.6. The maximum absolute atomic E-state index is 12.5. The Morgan fingerprint density at radius 3 is 2.56 bits per heavy atom. The molecule has 0 aliphatic carbocycles. The number of para-hydroxylation sites is 1. The number of rotatable bonds is 6. The second kappa shape index (κ2) is 8.62. The number of esters is 2. The zero-order valence-corrected chi connectivity index (χ0v) is 15.9. The molecule has 1 N–H and O–H groups in total. The van der Waals surface area contributed by atoms with Gasteiger partial charge in [0.05, 0.1) is 18.2 Å². The predicted octanol–water partition coefficient (Wildman–Crippen LogP) is 2.63. The predicted molar refractivity (Wildman–Crippen MR) is 100 cm³/mol. The highest BCUT2D eigenvalue weighted by atomic mass is 16.6. The Hall–Kier alpha value is -2.96. The topological polar surface area (TPSA) is 94.6 Å². The van der Waals surface area contributed by atoms with E-state index in [9.17, 15) is 14.4 Å². The first-order valence-corrected chi connectivity index (χ1v) is 8.65. The van der Waals surface area contributed by atoms with Crippen LogP contribution >= 0.6 is 0 Å². The van der Waals surface area contributed by atoms with E-state index < -0.39 is 29.5 Å². The van der Waals surface area contributed by atoms with E-state index in [4.69, 9.17) is 9.47 Å². The number of fused-ring (bicyclic) bond motifs is 1. The molecule has 7 nitrogen and oxygen atoms in total. The zero-order valence-electron chi connectivity index (χ0n) is 15.9. The molecule has 27 heavy (non-hydrogen) atoms. The number of carbonyl (C=O) groups is 3. The quantitative estimate of drug-likeness (QED) is 0.784. The molecule has 0 spiro atoms. The minimum atomic E-state index is -0.957. The van der Waals surface area contributed by atoms with Gasteiger partial charge in [-0.1, -0.05) is 18.2 Å². The molecule has 1 aromatic carbocycles. The molecule has 0 fully saturated rings. The molecule has 1 amide bonds. The fraction of sp³-hybridized carbons (Fsp3) is 0.400. The minimum absolute atomic E-state index is 0.0205. The average Bonchev–Trinajstić information content (AvgIpc) is 2.62. The van der Waals surface area contributed by atoms with Crippen LogP contribution in [-0.4, -0.2) is 41.6 Å². The molecule has 0 bridgehead atoms. The van der Waals surface area contributed by atoms with Crippen molar-refractivity contribution in [3.63, 3.8) is 0 Å². The Morgan fingerprint density at radius 2 is 1.89 bits per heavy atom. The second-order valence-corrected chi connectivity index (χ2v) is 7.09. The summed E-state index contributed by atoms with van der Waals surface area (Å²) < 4.78 is 9.96. The molecule has 144 valence electrons. The number of nitrogens with one attached hydrogen (secondary N) is 1. The normalized spacial score (nSPS) is 12.3. The number of benzene rings is 1. The molecule has 0 aliphatic rings. The molecule has 1 heterocycles. The maximum Gasteiger partial charge on any atom is 0.328 e. The van der Waals surface area contributed by atoms with Crippen molar-refractivity contribution >= 4 is 28.7 Å². The van der Waals surface area contributed by atoms with Crippen molar-refractivity contribution < 1.29 is 23.9 Å². The number of pyridine rings is 1. The van der Waals surface area contributed by atoms with E-state index >= 15 is 0 Å². The summed E-state index contributed by atoms with van der Waals surface area (Å²) in [5, 5.41) is 3.42. The average molecular weight is 372 g/mol. The van der Waals surface area contributed by atoms with Crippen LogP contribution in [-0.2, 0) is 19.1 Å². The van der Waals surface area contributed by atoms with Crippen molar-refractivity contribution in [2.24, 2.45) is 0 Å². The van der Waals surface area contributed by atoms with Crippen LogP contribution in [0.4, 0.5) is 0 Å². The van der Waals surface area contributed by atoms with Gasteiger partial charge in [-0.25, -0.2) is 4.79 Å². The number of nitrogens with zero attached hydrogens (tertiary/aromatic N) is 1. The number of hydrogen-bond donors (Lipinski definition) is 1. The van der Waals surface area contributed by atoms with E-state index in [0.29, 0.717) is 5.56 Å². The first kappa shape index (κ1) is 20.4. The highest BCUT2D eigenvalue weighted by Crippen LogP contribution is 2.14. The molecule has 7 heteroatoms. The van der Waals surface area contributed by atoms with Crippen LogP contribution in [0.15, 0.2) is 36.5 Å². The van der Waals surface area contributed by atoms with E-state index in [1.807, 2.05) is 24.3 Å². The zero-order chi connectivity index (χ0) is 20.0. The van der Waals surface area contributed by atoms with E-state index in [-0.39, 0.29) is 12.8 Å². The van der Waals surface area contributed by atoms with Gasteiger partial charge in [0.25, 0.3) is 5.91 Å². The van der Waals surface area contributed by atoms with Crippen molar-refractivity contribution in [1.82, 2.24) is 10.3 Å². The van der Waals surface area contributed by atoms with Crippen LogP contribution in [0.2, 0.25) is 0 Å². The van der Waals surface area contributed by atoms with Crippen molar-refractivity contribution in [2.75, 3.05) is 7.11 Å². The van der Waals surface area contributed by atoms with Crippen LogP contribution < -0.4 is 5.32 Å². The molecule has 2 rings (SSSR count). The Kier molecular flexibility index (Phi) is 6.50. The monoisotopic (exact) mass is 372 g/mol. The maximum atomic E-state index is 12.5. The van der Waals surface area contributed by atoms with E-state index in [1.165, 1.54) is 13.3 Å². The third-order valence-electron chi connectivity index (χ3n) is 3.70. The SMILES string of the molecule is COC(=O)[C@H](CCC(=O)OC(C)(C)C)NC(=O)c1cnc2ccccc2c1. The first-order chi connectivity index (χ1) is 12.7. The van der Waals surface area contributed by atoms with Gasteiger partial charge in [0.1, 0.15) is 11.6 Å². The summed E-state index contributed by atoms with van der Waals surface area (Å²) in [6.45, 7) is 5.28. The summed E-state index contributed by atoms with van der Waals surface area (Å²) in [5.74, 6) is -1.54. The van der Waals surface area contributed by atoms with E-state index in [2.05, 4.69) is 10.3 Å². The molecule has 0 saturated heterocycles. The van der Waals surface area contributed by atoms with Crippen LogP contribution in [0.25, 0.3) is 10.9 Å². The van der Waals surface area contributed by atoms with Crippen LogP contribution in [0.5, 0.6) is 0 Å². The Balaban J connectivity index is 2.06. The van der Waals surface area contributed by atoms with Gasteiger partial charge in [0.2, 0.25) is 0 Å². The fourth-order valence-corrected chi connectivity index (χ4v) is 2.48. The third-order valence-corrected chi connectivity index (χ3v) is 3.70. The number of methoxy groups -OCH3 is 1. The number of carbonyl (C=O) groups excluding carboxylic acids is 3. The molecule has 1 atom stereocenters. The third kappa shape index (κ3) is 6.06. The van der Waals surface area contributed by atoms with Gasteiger partial charge in [-0.15, -0.1) is 0 Å². The number of aromatic nitrogens is 1. The molecule has 0 aliphatic heterocycles. The van der Waals surface area contributed by atoms with Gasteiger partial charge in [-0.2, -0.15) is 0 Å². The number of hydrogen-bond acceptors (Lipinski definition) is 6. The molecular weight excluding hydrogens is 348 g/mol.